The van der Waals surface area contributed by atoms with E-state index in [2.05, 4.69) is 43.8 Å². The standard InChI is InChI=1S/C15H21N5O/c1-2-19-6-5-16-15(19)12-17-13-3-4-14(18-11-13)20-7-9-21-10-8-20/h3-6,11,17H,2,7-10,12H2,1H3. The van der Waals surface area contributed by atoms with Crippen molar-refractivity contribution in [3.8, 4) is 0 Å². The number of imidazole rings is 1. The quantitative estimate of drug-likeness (QED) is 0.908. The van der Waals surface area contributed by atoms with E-state index in [1.54, 1.807) is 0 Å². The lowest BCUT2D eigenvalue weighted by molar-refractivity contribution is 0.122. The topological polar surface area (TPSA) is 55.2 Å². The second-order valence-corrected chi connectivity index (χ2v) is 4.99. The SMILES string of the molecule is CCn1ccnc1CNc1ccc(N2CCOCC2)nc1. The maximum absolute atomic E-state index is 5.36. The van der Waals surface area contributed by atoms with Gasteiger partial charge in [0.2, 0.25) is 0 Å². The maximum Gasteiger partial charge on any atom is 0.128 e. The lowest BCUT2D eigenvalue weighted by atomic mass is 10.3. The highest BCUT2D eigenvalue weighted by Gasteiger charge is 2.11. The van der Waals surface area contributed by atoms with E-state index in [-0.39, 0.29) is 0 Å². The van der Waals surface area contributed by atoms with E-state index in [0.29, 0.717) is 6.54 Å². The van der Waals surface area contributed by atoms with Gasteiger partial charge in [-0.1, -0.05) is 0 Å². The van der Waals surface area contributed by atoms with Gasteiger partial charge in [-0.25, -0.2) is 9.97 Å². The summed E-state index contributed by atoms with van der Waals surface area (Å²) in [6.45, 7) is 7.14. The molecular weight excluding hydrogens is 266 g/mol. The van der Waals surface area contributed by atoms with Gasteiger partial charge in [0.05, 0.1) is 31.6 Å². The van der Waals surface area contributed by atoms with Gasteiger partial charge in [-0.05, 0) is 19.1 Å². The third-order valence-corrected chi connectivity index (χ3v) is 3.68. The van der Waals surface area contributed by atoms with Crippen LogP contribution in [-0.4, -0.2) is 40.8 Å². The van der Waals surface area contributed by atoms with Gasteiger partial charge in [0.1, 0.15) is 11.6 Å². The van der Waals surface area contributed by atoms with Crippen LogP contribution in [0.1, 0.15) is 12.7 Å². The molecule has 6 heteroatoms. The molecule has 0 unspecified atom stereocenters. The summed E-state index contributed by atoms with van der Waals surface area (Å²) in [6, 6.07) is 4.12. The van der Waals surface area contributed by atoms with Gasteiger partial charge >= 0.3 is 0 Å². The van der Waals surface area contributed by atoms with E-state index in [9.17, 15) is 0 Å². The Morgan fingerprint density at radius 2 is 2.10 bits per heavy atom. The summed E-state index contributed by atoms with van der Waals surface area (Å²) in [4.78, 5) is 11.1. The minimum atomic E-state index is 0.708. The Hall–Kier alpha value is -2.08. The van der Waals surface area contributed by atoms with Crippen LogP contribution < -0.4 is 10.2 Å². The molecule has 1 aliphatic rings. The first kappa shape index (κ1) is 13.9. The zero-order chi connectivity index (χ0) is 14.5. The number of pyridine rings is 1. The molecule has 0 spiro atoms. The first-order valence-corrected chi connectivity index (χ1v) is 7.39. The summed E-state index contributed by atoms with van der Waals surface area (Å²) >= 11 is 0. The van der Waals surface area contributed by atoms with Gasteiger partial charge in [0, 0.05) is 32.0 Å². The molecule has 0 aliphatic carbocycles. The fraction of sp³-hybridized carbons (Fsp3) is 0.467. The molecule has 0 atom stereocenters. The van der Waals surface area contributed by atoms with Gasteiger partial charge in [-0.2, -0.15) is 0 Å². The van der Waals surface area contributed by atoms with E-state index in [4.69, 9.17) is 4.74 Å². The Bertz CT molecular complexity index is 560. The molecule has 2 aromatic heterocycles. The number of morpholine rings is 1. The zero-order valence-electron chi connectivity index (χ0n) is 12.3. The zero-order valence-corrected chi connectivity index (χ0v) is 12.3. The van der Waals surface area contributed by atoms with Crippen LogP contribution in [-0.2, 0) is 17.8 Å². The third kappa shape index (κ3) is 3.33. The predicted octanol–water partition coefficient (Wildman–Crippen LogP) is 1.75. The smallest absolute Gasteiger partial charge is 0.128 e. The van der Waals surface area contributed by atoms with Crippen LogP contribution in [0.4, 0.5) is 11.5 Å². The largest absolute Gasteiger partial charge is 0.378 e. The molecule has 0 saturated carbocycles. The lowest BCUT2D eigenvalue weighted by Crippen LogP contribution is -2.36. The minimum absolute atomic E-state index is 0.708. The average Bonchev–Trinajstić information content (AvgIpc) is 3.02. The molecule has 0 bridgehead atoms. The Balaban J connectivity index is 1.59. The number of aromatic nitrogens is 3. The summed E-state index contributed by atoms with van der Waals surface area (Å²) in [7, 11) is 0. The number of hydrogen-bond donors (Lipinski definition) is 1. The number of aryl methyl sites for hydroxylation is 1. The highest BCUT2D eigenvalue weighted by Crippen LogP contribution is 2.15. The molecule has 0 radical (unpaired) electrons. The predicted molar refractivity (Wildman–Crippen MR) is 82.5 cm³/mol. The molecule has 0 amide bonds. The van der Waals surface area contributed by atoms with Crippen LogP contribution in [0.25, 0.3) is 0 Å². The van der Waals surface area contributed by atoms with Crippen molar-refractivity contribution in [2.45, 2.75) is 20.0 Å². The van der Waals surface area contributed by atoms with Crippen LogP contribution in [0, 0.1) is 0 Å². The molecule has 3 heterocycles. The minimum Gasteiger partial charge on any atom is -0.378 e. The van der Waals surface area contributed by atoms with Crippen LogP contribution in [0.3, 0.4) is 0 Å². The van der Waals surface area contributed by atoms with Crippen LogP contribution in [0.5, 0.6) is 0 Å². The fourth-order valence-corrected chi connectivity index (χ4v) is 2.45. The molecule has 0 aromatic carbocycles. The molecule has 21 heavy (non-hydrogen) atoms. The van der Waals surface area contributed by atoms with Gasteiger partial charge < -0.3 is 19.5 Å². The first-order valence-electron chi connectivity index (χ1n) is 7.39. The van der Waals surface area contributed by atoms with Crippen molar-refractivity contribution in [1.29, 1.82) is 0 Å². The van der Waals surface area contributed by atoms with Crippen molar-refractivity contribution in [2.24, 2.45) is 0 Å². The molecule has 1 aliphatic heterocycles. The Labute approximate surface area is 124 Å². The van der Waals surface area contributed by atoms with Gasteiger partial charge in [-0.3, -0.25) is 0 Å². The van der Waals surface area contributed by atoms with E-state index in [1.807, 2.05) is 18.6 Å². The van der Waals surface area contributed by atoms with E-state index < -0.39 is 0 Å². The first-order chi connectivity index (χ1) is 10.4. The fourth-order valence-electron chi connectivity index (χ4n) is 2.45. The van der Waals surface area contributed by atoms with Gasteiger partial charge in [-0.15, -0.1) is 0 Å². The Morgan fingerprint density at radius 3 is 2.81 bits per heavy atom. The maximum atomic E-state index is 5.36. The molecule has 3 rings (SSSR count). The molecule has 6 nitrogen and oxygen atoms in total. The van der Waals surface area contributed by atoms with E-state index in [0.717, 1.165) is 50.2 Å². The second kappa shape index (κ2) is 6.58. The lowest BCUT2D eigenvalue weighted by Gasteiger charge is -2.27. The van der Waals surface area contributed by atoms with Crippen LogP contribution >= 0.6 is 0 Å². The number of hydrogen-bond acceptors (Lipinski definition) is 5. The Kier molecular flexibility index (Phi) is 4.35. The monoisotopic (exact) mass is 287 g/mol. The van der Waals surface area contributed by atoms with Crippen molar-refractivity contribution < 1.29 is 4.74 Å². The van der Waals surface area contributed by atoms with Crippen LogP contribution in [0.15, 0.2) is 30.7 Å². The van der Waals surface area contributed by atoms with Crippen molar-refractivity contribution in [2.75, 3.05) is 36.5 Å². The Morgan fingerprint density at radius 1 is 1.24 bits per heavy atom. The molecular formula is C15H21N5O. The number of rotatable bonds is 5. The third-order valence-electron chi connectivity index (χ3n) is 3.68. The van der Waals surface area contributed by atoms with E-state index >= 15 is 0 Å². The van der Waals surface area contributed by atoms with Gasteiger partial charge in [0.15, 0.2) is 0 Å². The molecule has 112 valence electrons. The summed E-state index contributed by atoms with van der Waals surface area (Å²) in [6.07, 6.45) is 5.71. The number of ether oxygens (including phenoxy) is 1. The highest BCUT2D eigenvalue weighted by molar-refractivity contribution is 5.48. The molecule has 1 fully saturated rings. The van der Waals surface area contributed by atoms with Gasteiger partial charge in [0.25, 0.3) is 0 Å². The molecule has 1 N–H and O–H groups in total. The average molecular weight is 287 g/mol. The van der Waals surface area contributed by atoms with Crippen LogP contribution in [0.2, 0.25) is 0 Å². The number of nitrogens with one attached hydrogen (secondary N) is 1. The summed E-state index contributed by atoms with van der Waals surface area (Å²) < 4.78 is 7.48. The highest BCUT2D eigenvalue weighted by atomic mass is 16.5. The second-order valence-electron chi connectivity index (χ2n) is 4.99. The number of anilines is 2. The molecule has 2 aromatic rings. The van der Waals surface area contributed by atoms with Crippen molar-refractivity contribution in [3.63, 3.8) is 0 Å². The normalized spacial score (nSPS) is 15.2. The van der Waals surface area contributed by atoms with Crippen molar-refractivity contribution in [1.82, 2.24) is 14.5 Å². The summed E-state index contributed by atoms with van der Waals surface area (Å²) in [5.41, 5.74) is 1.01. The van der Waals surface area contributed by atoms with Crippen molar-refractivity contribution in [3.05, 3.63) is 36.5 Å². The summed E-state index contributed by atoms with van der Waals surface area (Å²) in [5, 5.41) is 3.36. The summed E-state index contributed by atoms with van der Waals surface area (Å²) in [5.74, 6) is 2.05. The number of nitrogens with zero attached hydrogens (tertiary/aromatic N) is 4. The molecule has 1 saturated heterocycles. The van der Waals surface area contributed by atoms with Crippen molar-refractivity contribution >= 4 is 11.5 Å². The van der Waals surface area contributed by atoms with E-state index in [1.165, 1.54) is 0 Å².